The summed E-state index contributed by atoms with van der Waals surface area (Å²) in [6, 6.07) is 7.63. The van der Waals surface area contributed by atoms with E-state index in [4.69, 9.17) is 21.7 Å². The topological polar surface area (TPSA) is 38.0 Å². The number of fused-ring (bicyclic) bond motifs is 1. The zero-order valence-corrected chi connectivity index (χ0v) is 9.17. The molecule has 0 N–H and O–H groups in total. The third-order valence-corrected chi connectivity index (χ3v) is 2.73. The van der Waals surface area contributed by atoms with Crippen LogP contribution < -0.4 is 4.84 Å². The van der Waals surface area contributed by atoms with Crippen molar-refractivity contribution < 1.29 is 4.84 Å². The molecule has 0 aliphatic carbocycles. The number of halogens is 1. The molecular weight excluding hydrogens is 212 g/mol. The van der Waals surface area contributed by atoms with Crippen LogP contribution in [0.5, 0.6) is 0 Å². The molecular formula is C11H9ClN2O. The van der Waals surface area contributed by atoms with Gasteiger partial charge in [-0.05, 0) is 13.0 Å². The molecule has 0 atom stereocenters. The molecule has 0 saturated heterocycles. The average Bonchev–Trinajstić information content (AvgIpc) is 2.51. The maximum atomic E-state index is 9.05. The summed E-state index contributed by atoms with van der Waals surface area (Å²) < 4.78 is 1.58. The summed E-state index contributed by atoms with van der Waals surface area (Å²) in [6.07, 6.45) is 0. The van der Waals surface area contributed by atoms with Crippen LogP contribution in [-0.4, -0.2) is 11.8 Å². The molecule has 0 radical (unpaired) electrons. The Bertz CT molecular complexity index is 566. The van der Waals surface area contributed by atoms with Gasteiger partial charge in [-0.25, -0.2) is 0 Å². The second kappa shape index (κ2) is 3.48. The minimum absolute atomic E-state index is 0.582. The molecule has 0 fully saturated rings. The van der Waals surface area contributed by atoms with Crippen molar-refractivity contribution in [2.24, 2.45) is 0 Å². The van der Waals surface area contributed by atoms with Gasteiger partial charge in [0.05, 0.1) is 16.3 Å². The first kappa shape index (κ1) is 9.88. The van der Waals surface area contributed by atoms with E-state index in [1.807, 2.05) is 19.1 Å². The van der Waals surface area contributed by atoms with E-state index in [1.165, 1.54) is 0 Å². The summed E-state index contributed by atoms with van der Waals surface area (Å²) in [5, 5.41) is 10.5. The monoisotopic (exact) mass is 220 g/mol. The third kappa shape index (κ3) is 1.26. The fraction of sp³-hybridized carbons (Fsp3) is 0.182. The van der Waals surface area contributed by atoms with Crippen LogP contribution in [0.3, 0.4) is 0 Å². The smallest absolute Gasteiger partial charge is 0.107 e. The maximum absolute atomic E-state index is 9.05. The minimum Gasteiger partial charge on any atom is -0.417 e. The Morgan fingerprint density at radius 2 is 2.20 bits per heavy atom. The molecule has 1 aromatic carbocycles. The Labute approximate surface area is 92.4 Å². The molecule has 4 heteroatoms. The molecule has 0 aliphatic heterocycles. The highest BCUT2D eigenvalue weighted by molar-refractivity contribution is 6.35. The molecule has 0 bridgehead atoms. The first-order valence-electron chi connectivity index (χ1n) is 4.44. The van der Waals surface area contributed by atoms with Crippen molar-refractivity contribution in [1.29, 1.82) is 5.26 Å². The zero-order valence-electron chi connectivity index (χ0n) is 8.41. The van der Waals surface area contributed by atoms with Crippen LogP contribution in [-0.2, 0) is 0 Å². The standard InChI is InChI=1S/C11H9ClN2O/c1-7-9(6-13)8-4-3-5-10(12)11(8)14(7)15-2/h3-5H,1-2H3. The van der Waals surface area contributed by atoms with Gasteiger partial charge in [-0.2, -0.15) is 9.99 Å². The number of aromatic nitrogens is 1. The molecule has 0 aliphatic rings. The summed E-state index contributed by atoms with van der Waals surface area (Å²) in [5.74, 6) is 0. The molecule has 0 spiro atoms. The van der Waals surface area contributed by atoms with Gasteiger partial charge in [-0.15, -0.1) is 0 Å². The van der Waals surface area contributed by atoms with Crippen LogP contribution in [0.1, 0.15) is 11.3 Å². The lowest BCUT2D eigenvalue weighted by atomic mass is 10.1. The van der Waals surface area contributed by atoms with Gasteiger partial charge in [0.2, 0.25) is 0 Å². The van der Waals surface area contributed by atoms with E-state index < -0.39 is 0 Å². The second-order valence-electron chi connectivity index (χ2n) is 3.19. The summed E-state index contributed by atoms with van der Waals surface area (Å²) >= 11 is 6.07. The van der Waals surface area contributed by atoms with Crippen LogP contribution in [0.2, 0.25) is 5.02 Å². The Hall–Kier alpha value is -1.66. The van der Waals surface area contributed by atoms with Gasteiger partial charge in [0, 0.05) is 5.39 Å². The number of hydrogen-bond donors (Lipinski definition) is 0. The van der Waals surface area contributed by atoms with E-state index in [1.54, 1.807) is 17.9 Å². The predicted octanol–water partition coefficient (Wildman–Crippen LogP) is 2.53. The SMILES string of the molecule is COn1c(C)c(C#N)c2cccc(Cl)c21. The fourth-order valence-electron chi connectivity index (χ4n) is 1.76. The molecule has 1 aromatic heterocycles. The van der Waals surface area contributed by atoms with E-state index in [0.717, 1.165) is 16.6 Å². The minimum atomic E-state index is 0.582. The lowest BCUT2D eigenvalue weighted by Gasteiger charge is -2.05. The van der Waals surface area contributed by atoms with Gasteiger partial charge in [-0.3, -0.25) is 0 Å². The van der Waals surface area contributed by atoms with Crippen molar-refractivity contribution in [3.63, 3.8) is 0 Å². The van der Waals surface area contributed by atoms with Gasteiger partial charge in [-0.1, -0.05) is 23.7 Å². The molecule has 1 heterocycles. The van der Waals surface area contributed by atoms with Gasteiger partial charge >= 0.3 is 0 Å². The lowest BCUT2D eigenvalue weighted by Crippen LogP contribution is -2.07. The molecule has 0 amide bonds. The highest BCUT2D eigenvalue weighted by atomic mass is 35.5. The summed E-state index contributed by atoms with van der Waals surface area (Å²) in [5.41, 5.74) is 2.12. The van der Waals surface area contributed by atoms with E-state index >= 15 is 0 Å². The molecule has 3 nitrogen and oxygen atoms in total. The zero-order chi connectivity index (χ0) is 11.0. The number of nitrogens with zero attached hydrogens (tertiary/aromatic N) is 2. The number of hydrogen-bond acceptors (Lipinski definition) is 2. The second-order valence-corrected chi connectivity index (χ2v) is 3.59. The Morgan fingerprint density at radius 1 is 1.47 bits per heavy atom. The Morgan fingerprint density at radius 3 is 2.80 bits per heavy atom. The quantitative estimate of drug-likeness (QED) is 0.741. The molecule has 2 rings (SSSR count). The molecule has 2 aromatic rings. The molecule has 0 saturated carbocycles. The maximum Gasteiger partial charge on any atom is 0.107 e. The molecule has 0 unspecified atom stereocenters. The largest absolute Gasteiger partial charge is 0.417 e. The van der Waals surface area contributed by atoms with Crippen LogP contribution >= 0.6 is 11.6 Å². The van der Waals surface area contributed by atoms with E-state index in [-0.39, 0.29) is 0 Å². The third-order valence-electron chi connectivity index (χ3n) is 2.42. The lowest BCUT2D eigenvalue weighted by molar-refractivity contribution is 0.173. The van der Waals surface area contributed by atoms with Crippen molar-refractivity contribution in [1.82, 2.24) is 4.73 Å². The fourth-order valence-corrected chi connectivity index (χ4v) is 2.01. The van der Waals surface area contributed by atoms with Gasteiger partial charge in [0.15, 0.2) is 0 Å². The first-order chi connectivity index (χ1) is 7.20. The average molecular weight is 221 g/mol. The van der Waals surface area contributed by atoms with E-state index in [0.29, 0.717) is 10.6 Å². The van der Waals surface area contributed by atoms with Crippen molar-refractivity contribution in [2.45, 2.75) is 6.92 Å². The number of nitriles is 1. The summed E-state index contributed by atoms with van der Waals surface area (Å²) in [4.78, 5) is 5.20. The van der Waals surface area contributed by atoms with Gasteiger partial charge < -0.3 is 4.84 Å². The van der Waals surface area contributed by atoms with E-state index in [9.17, 15) is 0 Å². The highest BCUT2D eigenvalue weighted by Gasteiger charge is 2.16. The summed E-state index contributed by atoms with van der Waals surface area (Å²) in [7, 11) is 1.55. The van der Waals surface area contributed by atoms with Crippen molar-refractivity contribution in [3.8, 4) is 6.07 Å². The number of para-hydroxylation sites is 1. The van der Waals surface area contributed by atoms with Gasteiger partial charge in [0.1, 0.15) is 18.7 Å². The Balaban J connectivity index is 3.00. The van der Waals surface area contributed by atoms with Crippen LogP contribution in [0, 0.1) is 18.3 Å². The highest BCUT2D eigenvalue weighted by Crippen LogP contribution is 2.29. The van der Waals surface area contributed by atoms with Crippen LogP contribution in [0.4, 0.5) is 0 Å². The predicted molar refractivity (Wildman–Crippen MR) is 58.9 cm³/mol. The van der Waals surface area contributed by atoms with Crippen LogP contribution in [0.15, 0.2) is 18.2 Å². The normalized spacial score (nSPS) is 10.3. The summed E-state index contributed by atoms with van der Waals surface area (Å²) in [6.45, 7) is 1.83. The number of rotatable bonds is 1. The van der Waals surface area contributed by atoms with Crippen LogP contribution in [0.25, 0.3) is 10.9 Å². The van der Waals surface area contributed by atoms with Crippen molar-refractivity contribution >= 4 is 22.5 Å². The molecule has 76 valence electrons. The van der Waals surface area contributed by atoms with Crippen molar-refractivity contribution in [3.05, 3.63) is 34.5 Å². The van der Waals surface area contributed by atoms with Crippen molar-refractivity contribution in [2.75, 3.05) is 7.11 Å². The molecule has 15 heavy (non-hydrogen) atoms. The first-order valence-corrected chi connectivity index (χ1v) is 4.82. The number of benzene rings is 1. The van der Waals surface area contributed by atoms with Gasteiger partial charge in [0.25, 0.3) is 0 Å². The Kier molecular flexibility index (Phi) is 2.29. The van der Waals surface area contributed by atoms with E-state index in [2.05, 4.69) is 6.07 Å².